The molecule has 1 heterocycles. The maximum Gasteiger partial charge on any atom is 0.255 e. The minimum Gasteiger partial charge on any atom is -0.366 e. The van der Waals surface area contributed by atoms with Crippen LogP contribution in [0.5, 0.6) is 0 Å². The molecule has 1 aliphatic rings. The number of aryl methyl sites for hydroxylation is 2. The second-order valence-corrected chi connectivity index (χ2v) is 11.0. The van der Waals surface area contributed by atoms with E-state index in [0.717, 1.165) is 11.1 Å². The third kappa shape index (κ3) is 5.08. The summed E-state index contributed by atoms with van der Waals surface area (Å²) in [5.41, 5.74) is 3.56. The van der Waals surface area contributed by atoms with Crippen LogP contribution >= 0.6 is 23.2 Å². The average molecular weight is 518 g/mol. The molecule has 1 aliphatic heterocycles. The average Bonchev–Trinajstić information content (AvgIpc) is 2.81. The number of nitrogens with zero attached hydrogens (tertiary/aromatic N) is 2. The Balaban J connectivity index is 1.52. The maximum atomic E-state index is 13.0. The van der Waals surface area contributed by atoms with Crippen molar-refractivity contribution in [3.05, 3.63) is 87.4 Å². The van der Waals surface area contributed by atoms with Crippen molar-refractivity contribution < 1.29 is 13.2 Å². The zero-order chi connectivity index (χ0) is 24.5. The molecule has 3 aromatic rings. The first kappa shape index (κ1) is 24.5. The molecule has 9 heteroatoms. The second kappa shape index (κ2) is 9.96. The minimum atomic E-state index is -3.58. The summed E-state index contributed by atoms with van der Waals surface area (Å²) in [4.78, 5) is 15.2. The van der Waals surface area contributed by atoms with Crippen LogP contribution in [0, 0.1) is 13.8 Å². The molecule has 178 valence electrons. The Labute approximate surface area is 210 Å². The zero-order valence-electron chi connectivity index (χ0n) is 18.9. The molecule has 0 radical (unpaired) electrons. The van der Waals surface area contributed by atoms with Crippen LogP contribution in [-0.4, -0.2) is 44.8 Å². The molecular weight excluding hydrogens is 493 g/mol. The van der Waals surface area contributed by atoms with Gasteiger partial charge in [0, 0.05) is 36.8 Å². The van der Waals surface area contributed by atoms with Crippen LogP contribution in [0.1, 0.15) is 21.5 Å². The van der Waals surface area contributed by atoms with E-state index in [4.69, 9.17) is 23.2 Å². The summed E-state index contributed by atoms with van der Waals surface area (Å²) in [7, 11) is -3.58. The molecule has 0 aromatic heterocycles. The summed E-state index contributed by atoms with van der Waals surface area (Å²) in [6, 6.07) is 17.3. The molecule has 4 rings (SSSR count). The van der Waals surface area contributed by atoms with Crippen molar-refractivity contribution in [2.45, 2.75) is 18.7 Å². The molecule has 1 saturated heterocycles. The largest absolute Gasteiger partial charge is 0.366 e. The highest BCUT2D eigenvalue weighted by molar-refractivity contribution is 7.89. The molecular formula is C25H25Cl2N3O3S. The maximum absolute atomic E-state index is 13.0. The van der Waals surface area contributed by atoms with Crippen molar-refractivity contribution in [3.8, 4) is 0 Å². The quantitative estimate of drug-likeness (QED) is 0.493. The van der Waals surface area contributed by atoms with Crippen LogP contribution in [-0.2, 0) is 10.0 Å². The summed E-state index contributed by atoms with van der Waals surface area (Å²) in [6.07, 6.45) is 0. The number of carbonyl (C=O) groups is 1. The fraction of sp³-hybridized carbons (Fsp3) is 0.240. The number of piperazine rings is 1. The first-order chi connectivity index (χ1) is 16.2. The van der Waals surface area contributed by atoms with E-state index in [1.807, 2.05) is 18.7 Å². The van der Waals surface area contributed by atoms with E-state index in [1.54, 1.807) is 60.7 Å². The molecule has 3 aromatic carbocycles. The lowest BCUT2D eigenvalue weighted by atomic mass is 10.1. The van der Waals surface area contributed by atoms with E-state index >= 15 is 0 Å². The summed E-state index contributed by atoms with van der Waals surface area (Å²) < 4.78 is 27.6. The van der Waals surface area contributed by atoms with Gasteiger partial charge in [0.1, 0.15) is 0 Å². The van der Waals surface area contributed by atoms with Gasteiger partial charge in [0.05, 0.1) is 21.3 Å². The molecule has 0 unspecified atom stereocenters. The van der Waals surface area contributed by atoms with Crippen LogP contribution in [0.4, 0.5) is 11.4 Å². The van der Waals surface area contributed by atoms with Crippen LogP contribution in [0.15, 0.2) is 65.6 Å². The van der Waals surface area contributed by atoms with Gasteiger partial charge in [-0.05, 0) is 55.8 Å². The predicted molar refractivity (Wildman–Crippen MR) is 138 cm³/mol. The summed E-state index contributed by atoms with van der Waals surface area (Å²) in [6.45, 7) is 5.28. The Morgan fingerprint density at radius 2 is 1.56 bits per heavy atom. The Hall–Kier alpha value is -2.58. The lowest BCUT2D eigenvalue weighted by Crippen LogP contribution is -2.49. The number of para-hydroxylation sites is 1. The second-order valence-electron chi connectivity index (χ2n) is 8.26. The fourth-order valence-corrected chi connectivity index (χ4v) is 5.77. The van der Waals surface area contributed by atoms with Gasteiger partial charge in [-0.2, -0.15) is 4.31 Å². The Bertz CT molecular complexity index is 1320. The van der Waals surface area contributed by atoms with E-state index in [-0.39, 0.29) is 10.8 Å². The third-order valence-electron chi connectivity index (χ3n) is 5.88. The molecule has 0 spiro atoms. The summed E-state index contributed by atoms with van der Waals surface area (Å²) >= 11 is 12.7. The van der Waals surface area contributed by atoms with Gasteiger partial charge in [-0.25, -0.2) is 8.42 Å². The monoisotopic (exact) mass is 517 g/mol. The molecule has 1 N–H and O–H groups in total. The summed E-state index contributed by atoms with van der Waals surface area (Å²) in [5.74, 6) is -0.300. The van der Waals surface area contributed by atoms with Crippen LogP contribution in [0.25, 0.3) is 0 Å². The molecule has 1 amide bonds. The van der Waals surface area contributed by atoms with Crippen molar-refractivity contribution in [1.29, 1.82) is 0 Å². The number of nitrogens with one attached hydrogen (secondary N) is 1. The highest BCUT2D eigenvalue weighted by atomic mass is 35.5. The molecule has 6 nitrogen and oxygen atoms in total. The third-order valence-corrected chi connectivity index (χ3v) is 8.51. The lowest BCUT2D eigenvalue weighted by molar-refractivity contribution is 0.102. The first-order valence-corrected chi connectivity index (χ1v) is 13.0. The van der Waals surface area contributed by atoms with E-state index in [1.165, 1.54) is 4.31 Å². The fourth-order valence-electron chi connectivity index (χ4n) is 3.88. The molecule has 0 bridgehead atoms. The van der Waals surface area contributed by atoms with Gasteiger partial charge < -0.3 is 10.2 Å². The van der Waals surface area contributed by atoms with Gasteiger partial charge in [-0.3, -0.25) is 4.79 Å². The highest BCUT2D eigenvalue weighted by Gasteiger charge is 2.30. The van der Waals surface area contributed by atoms with Crippen LogP contribution < -0.4 is 10.2 Å². The van der Waals surface area contributed by atoms with Gasteiger partial charge in [-0.1, -0.05) is 53.0 Å². The van der Waals surface area contributed by atoms with Crippen molar-refractivity contribution in [2.75, 3.05) is 36.4 Å². The predicted octanol–water partition coefficient (Wildman–Crippen LogP) is 5.37. The van der Waals surface area contributed by atoms with Crippen molar-refractivity contribution in [3.63, 3.8) is 0 Å². The lowest BCUT2D eigenvalue weighted by Gasteiger charge is -2.36. The SMILES string of the molecule is Cc1ccc(S(=O)(=O)N2CCN(c3c(Cl)cccc3NC(=O)c3ccc(C)c(Cl)c3)CC2)cc1. The normalized spacial score (nSPS) is 14.8. The van der Waals surface area contributed by atoms with Crippen LogP contribution in [0.2, 0.25) is 10.0 Å². The standard InChI is InChI=1S/C25H25Cl2N3O3S/c1-17-6-10-20(11-7-17)34(32,33)30-14-12-29(13-15-30)24-21(26)4-3-5-23(24)28-25(31)19-9-8-18(2)22(27)16-19/h3-11,16H,12-15H2,1-2H3,(H,28,31). The Morgan fingerprint density at radius 1 is 0.882 bits per heavy atom. The first-order valence-electron chi connectivity index (χ1n) is 10.8. The number of hydrogen-bond donors (Lipinski definition) is 1. The number of benzene rings is 3. The zero-order valence-corrected chi connectivity index (χ0v) is 21.2. The van der Waals surface area contributed by atoms with Crippen molar-refractivity contribution >= 4 is 50.5 Å². The smallest absolute Gasteiger partial charge is 0.255 e. The van der Waals surface area contributed by atoms with Gasteiger partial charge in [0.15, 0.2) is 0 Å². The molecule has 0 aliphatic carbocycles. The number of amides is 1. The van der Waals surface area contributed by atoms with E-state index in [0.29, 0.717) is 53.2 Å². The molecule has 34 heavy (non-hydrogen) atoms. The van der Waals surface area contributed by atoms with E-state index < -0.39 is 10.0 Å². The highest BCUT2D eigenvalue weighted by Crippen LogP contribution is 2.35. The Morgan fingerprint density at radius 3 is 2.21 bits per heavy atom. The number of hydrogen-bond acceptors (Lipinski definition) is 4. The molecule has 0 atom stereocenters. The van der Waals surface area contributed by atoms with Crippen molar-refractivity contribution in [2.24, 2.45) is 0 Å². The molecule has 0 saturated carbocycles. The van der Waals surface area contributed by atoms with Gasteiger partial charge in [0.2, 0.25) is 10.0 Å². The van der Waals surface area contributed by atoms with E-state index in [2.05, 4.69) is 5.32 Å². The number of rotatable bonds is 5. The number of sulfonamides is 1. The van der Waals surface area contributed by atoms with Crippen LogP contribution in [0.3, 0.4) is 0 Å². The van der Waals surface area contributed by atoms with E-state index in [9.17, 15) is 13.2 Å². The van der Waals surface area contributed by atoms with Gasteiger partial charge in [-0.15, -0.1) is 0 Å². The summed E-state index contributed by atoms with van der Waals surface area (Å²) in [5, 5.41) is 3.93. The van der Waals surface area contributed by atoms with Crippen molar-refractivity contribution in [1.82, 2.24) is 4.31 Å². The molecule has 1 fully saturated rings. The topological polar surface area (TPSA) is 69.7 Å². The number of halogens is 2. The Kier molecular flexibility index (Phi) is 7.19. The minimum absolute atomic E-state index is 0.286. The van der Waals surface area contributed by atoms with Gasteiger partial charge >= 0.3 is 0 Å². The number of anilines is 2. The number of carbonyl (C=O) groups excluding carboxylic acids is 1. The van der Waals surface area contributed by atoms with Gasteiger partial charge in [0.25, 0.3) is 5.91 Å².